The van der Waals surface area contributed by atoms with E-state index < -0.39 is 0 Å². The van der Waals surface area contributed by atoms with Gasteiger partial charge in [0.2, 0.25) is 0 Å². The van der Waals surface area contributed by atoms with Gasteiger partial charge in [-0.2, -0.15) is 5.10 Å². The van der Waals surface area contributed by atoms with Gasteiger partial charge in [-0.15, -0.1) is 11.3 Å². The highest BCUT2D eigenvalue weighted by Crippen LogP contribution is 2.19. The van der Waals surface area contributed by atoms with Crippen molar-refractivity contribution in [2.24, 2.45) is 7.05 Å². The standard InChI is InChI=1S/C21H22ClN5O2S/c1-25-19(23-20(28)18-7-4-12-30-18)13-17(24-25)21(29)27-10-8-26(9-11-27)14-15-5-2-3-6-16(15)22/h2-7,12-13H,8-11,14H2,1H3,(H,23,28). The maximum absolute atomic E-state index is 12.9. The first-order valence-corrected chi connectivity index (χ1v) is 10.9. The molecule has 1 aromatic carbocycles. The summed E-state index contributed by atoms with van der Waals surface area (Å²) in [7, 11) is 1.71. The summed E-state index contributed by atoms with van der Waals surface area (Å²) in [5, 5.41) is 9.72. The molecule has 0 atom stereocenters. The Morgan fingerprint density at radius 2 is 1.90 bits per heavy atom. The zero-order valence-corrected chi connectivity index (χ0v) is 18.1. The van der Waals surface area contributed by atoms with Gasteiger partial charge in [0, 0.05) is 50.9 Å². The minimum Gasteiger partial charge on any atom is -0.335 e. The fraction of sp³-hybridized carbons (Fsp3) is 0.286. The number of halogens is 1. The average molecular weight is 444 g/mol. The van der Waals surface area contributed by atoms with Crippen molar-refractivity contribution >= 4 is 40.6 Å². The number of hydrogen-bond acceptors (Lipinski definition) is 5. The Bertz CT molecular complexity index is 1040. The predicted molar refractivity (Wildman–Crippen MR) is 118 cm³/mol. The van der Waals surface area contributed by atoms with Crippen LogP contribution in [-0.2, 0) is 13.6 Å². The summed E-state index contributed by atoms with van der Waals surface area (Å²) in [5.74, 6) is 0.161. The SMILES string of the molecule is Cn1nc(C(=O)N2CCN(Cc3ccccc3Cl)CC2)cc1NC(=O)c1cccs1. The molecule has 156 valence electrons. The largest absolute Gasteiger partial charge is 0.335 e. The topological polar surface area (TPSA) is 70.5 Å². The van der Waals surface area contributed by atoms with Crippen LogP contribution >= 0.6 is 22.9 Å². The molecule has 2 amide bonds. The van der Waals surface area contributed by atoms with Gasteiger partial charge in [-0.1, -0.05) is 35.9 Å². The number of nitrogens with one attached hydrogen (secondary N) is 1. The van der Waals surface area contributed by atoms with Crippen LogP contribution in [0.15, 0.2) is 47.8 Å². The van der Waals surface area contributed by atoms with E-state index in [1.54, 1.807) is 24.1 Å². The van der Waals surface area contributed by atoms with Crippen molar-refractivity contribution in [3.8, 4) is 0 Å². The number of anilines is 1. The Balaban J connectivity index is 1.35. The van der Waals surface area contributed by atoms with Crippen molar-refractivity contribution in [1.82, 2.24) is 19.6 Å². The lowest BCUT2D eigenvalue weighted by Gasteiger charge is -2.34. The first kappa shape index (κ1) is 20.6. The van der Waals surface area contributed by atoms with Gasteiger partial charge in [-0.05, 0) is 23.1 Å². The first-order valence-electron chi connectivity index (χ1n) is 9.65. The Morgan fingerprint density at radius 1 is 1.13 bits per heavy atom. The van der Waals surface area contributed by atoms with Crippen LogP contribution in [0.2, 0.25) is 5.02 Å². The van der Waals surface area contributed by atoms with Gasteiger partial charge in [-0.25, -0.2) is 0 Å². The molecule has 0 bridgehead atoms. The van der Waals surface area contributed by atoms with Crippen LogP contribution in [0.25, 0.3) is 0 Å². The Morgan fingerprint density at radius 3 is 2.60 bits per heavy atom. The summed E-state index contributed by atoms with van der Waals surface area (Å²) in [6, 6.07) is 13.0. The summed E-state index contributed by atoms with van der Waals surface area (Å²) in [4.78, 5) is 29.9. The Labute approximate surface area is 183 Å². The van der Waals surface area contributed by atoms with Crippen LogP contribution < -0.4 is 5.32 Å². The Hall–Kier alpha value is -2.68. The number of carbonyl (C=O) groups is 2. The molecule has 30 heavy (non-hydrogen) atoms. The van der Waals surface area contributed by atoms with Gasteiger partial charge in [0.15, 0.2) is 5.69 Å². The highest BCUT2D eigenvalue weighted by molar-refractivity contribution is 7.12. The lowest BCUT2D eigenvalue weighted by atomic mass is 10.2. The molecule has 0 radical (unpaired) electrons. The van der Waals surface area contributed by atoms with Crippen molar-refractivity contribution < 1.29 is 9.59 Å². The summed E-state index contributed by atoms with van der Waals surface area (Å²) < 4.78 is 1.52. The molecule has 0 unspecified atom stereocenters. The number of rotatable bonds is 5. The lowest BCUT2D eigenvalue weighted by molar-refractivity contribution is 0.0622. The van der Waals surface area contributed by atoms with Crippen LogP contribution in [0.1, 0.15) is 25.7 Å². The number of amides is 2. The molecule has 3 aromatic rings. The van der Waals surface area contributed by atoms with Crippen LogP contribution in [0.3, 0.4) is 0 Å². The third-order valence-electron chi connectivity index (χ3n) is 5.10. The van der Waals surface area contributed by atoms with E-state index in [1.807, 2.05) is 35.7 Å². The number of piperazine rings is 1. The molecule has 0 aliphatic carbocycles. The molecule has 2 aromatic heterocycles. The number of carbonyl (C=O) groups excluding carboxylic acids is 2. The van der Waals surface area contributed by atoms with E-state index in [9.17, 15) is 9.59 Å². The number of hydrogen-bond donors (Lipinski definition) is 1. The molecule has 1 aliphatic rings. The highest BCUT2D eigenvalue weighted by Gasteiger charge is 2.25. The molecule has 1 aliphatic heterocycles. The van der Waals surface area contributed by atoms with E-state index in [1.165, 1.54) is 16.0 Å². The fourth-order valence-corrected chi connectivity index (χ4v) is 4.23. The number of aromatic nitrogens is 2. The summed E-state index contributed by atoms with van der Waals surface area (Å²) in [6.45, 7) is 3.55. The molecule has 4 rings (SSSR count). The summed E-state index contributed by atoms with van der Waals surface area (Å²) in [6.07, 6.45) is 0. The van der Waals surface area contributed by atoms with E-state index in [0.717, 1.165) is 30.2 Å². The maximum Gasteiger partial charge on any atom is 0.274 e. The zero-order valence-electron chi connectivity index (χ0n) is 16.5. The minimum absolute atomic E-state index is 0.125. The predicted octanol–water partition coefficient (Wildman–Crippen LogP) is 3.35. The molecule has 7 nitrogen and oxygen atoms in total. The van der Waals surface area contributed by atoms with E-state index in [-0.39, 0.29) is 11.8 Å². The quantitative estimate of drug-likeness (QED) is 0.656. The third kappa shape index (κ3) is 4.56. The molecule has 0 saturated carbocycles. The normalized spacial score (nSPS) is 14.7. The van der Waals surface area contributed by atoms with Crippen molar-refractivity contribution in [3.63, 3.8) is 0 Å². The highest BCUT2D eigenvalue weighted by atomic mass is 35.5. The van der Waals surface area contributed by atoms with Crippen LogP contribution in [0.5, 0.6) is 0 Å². The van der Waals surface area contributed by atoms with Gasteiger partial charge in [-0.3, -0.25) is 19.2 Å². The van der Waals surface area contributed by atoms with Crippen LogP contribution in [0.4, 0.5) is 5.82 Å². The second kappa shape index (κ2) is 8.99. The van der Waals surface area contributed by atoms with Crippen molar-refractivity contribution in [2.75, 3.05) is 31.5 Å². The first-order chi connectivity index (χ1) is 14.5. The van der Waals surface area contributed by atoms with Crippen molar-refractivity contribution in [2.45, 2.75) is 6.54 Å². The number of thiophene rings is 1. The molecule has 1 fully saturated rings. The van der Waals surface area contributed by atoms with Crippen LogP contribution in [0, 0.1) is 0 Å². The fourth-order valence-electron chi connectivity index (χ4n) is 3.41. The van der Waals surface area contributed by atoms with E-state index >= 15 is 0 Å². The molecule has 0 spiro atoms. The van der Waals surface area contributed by atoms with Crippen molar-refractivity contribution in [1.29, 1.82) is 0 Å². The molecule has 9 heteroatoms. The van der Waals surface area contributed by atoms with Gasteiger partial charge < -0.3 is 10.2 Å². The second-order valence-electron chi connectivity index (χ2n) is 7.13. The summed E-state index contributed by atoms with van der Waals surface area (Å²) >= 11 is 7.62. The van der Waals surface area contributed by atoms with Gasteiger partial charge >= 0.3 is 0 Å². The molecule has 3 heterocycles. The summed E-state index contributed by atoms with van der Waals surface area (Å²) in [5.41, 5.74) is 1.42. The molecular formula is C21H22ClN5O2S. The van der Waals surface area contributed by atoms with Gasteiger partial charge in [0.1, 0.15) is 5.82 Å². The average Bonchev–Trinajstić information content (AvgIpc) is 3.40. The number of nitrogens with zero attached hydrogens (tertiary/aromatic N) is 4. The Kier molecular flexibility index (Phi) is 6.17. The lowest BCUT2D eigenvalue weighted by Crippen LogP contribution is -2.48. The zero-order chi connectivity index (χ0) is 21.1. The number of benzene rings is 1. The van der Waals surface area contributed by atoms with Crippen molar-refractivity contribution in [3.05, 3.63) is 69.0 Å². The number of aryl methyl sites for hydroxylation is 1. The van der Waals surface area contributed by atoms with E-state index in [4.69, 9.17) is 11.6 Å². The second-order valence-corrected chi connectivity index (χ2v) is 8.48. The molecule has 1 N–H and O–H groups in total. The smallest absolute Gasteiger partial charge is 0.274 e. The van der Waals surface area contributed by atoms with Gasteiger partial charge in [0.05, 0.1) is 4.88 Å². The monoisotopic (exact) mass is 443 g/mol. The minimum atomic E-state index is -0.208. The maximum atomic E-state index is 12.9. The van der Waals surface area contributed by atoms with Gasteiger partial charge in [0.25, 0.3) is 11.8 Å². The van der Waals surface area contributed by atoms with Crippen LogP contribution in [-0.4, -0.2) is 57.6 Å². The van der Waals surface area contributed by atoms with E-state index in [0.29, 0.717) is 29.5 Å². The molecule has 1 saturated heterocycles. The van der Waals surface area contributed by atoms with E-state index in [2.05, 4.69) is 15.3 Å². The third-order valence-corrected chi connectivity index (χ3v) is 6.33. The molecular weight excluding hydrogens is 422 g/mol.